The van der Waals surface area contributed by atoms with Gasteiger partial charge in [-0.2, -0.15) is 0 Å². The van der Waals surface area contributed by atoms with Gasteiger partial charge in [-0.3, -0.25) is 4.79 Å². The van der Waals surface area contributed by atoms with Gasteiger partial charge in [0, 0.05) is 37.8 Å². The van der Waals surface area contributed by atoms with Gasteiger partial charge in [0.2, 0.25) is 5.91 Å². The topological polar surface area (TPSA) is 77.5 Å². The first-order valence-corrected chi connectivity index (χ1v) is 18.3. The van der Waals surface area contributed by atoms with Crippen molar-refractivity contribution in [3.63, 3.8) is 0 Å². The highest BCUT2D eigenvalue weighted by Gasteiger charge is 2.43. The maximum absolute atomic E-state index is 14.6. The second-order valence-electron chi connectivity index (χ2n) is 14.1. The maximum atomic E-state index is 14.6. The van der Waals surface area contributed by atoms with Crippen LogP contribution in [0.25, 0.3) is 0 Å². The van der Waals surface area contributed by atoms with Gasteiger partial charge in [0.15, 0.2) is 5.75 Å². The molecule has 5 rings (SSSR count). The molecule has 50 heavy (non-hydrogen) atoms. The lowest BCUT2D eigenvalue weighted by Gasteiger charge is -2.40. The third kappa shape index (κ3) is 10.2. The number of rotatable bonds is 13. The van der Waals surface area contributed by atoms with Crippen LogP contribution in [0, 0.1) is 12.8 Å². The molecule has 1 aliphatic carbocycles. The quantitative estimate of drug-likeness (QED) is 0.163. The summed E-state index contributed by atoms with van der Waals surface area (Å²) in [7, 11) is 1.68. The van der Waals surface area contributed by atoms with Crippen LogP contribution in [0.5, 0.6) is 11.5 Å². The van der Waals surface area contributed by atoms with Crippen molar-refractivity contribution in [2.75, 3.05) is 40.0 Å². The molecule has 2 fully saturated rings. The van der Waals surface area contributed by atoms with Crippen LogP contribution in [-0.2, 0) is 27.2 Å². The molecule has 2 atom stereocenters. The third-order valence-corrected chi connectivity index (χ3v) is 9.88. The second-order valence-corrected chi connectivity index (χ2v) is 15.3. The van der Waals surface area contributed by atoms with Crippen LogP contribution < -0.4 is 9.47 Å². The van der Waals surface area contributed by atoms with Crippen molar-refractivity contribution in [3.05, 3.63) is 91.9 Å². The molecule has 2 unspecified atom stereocenters. The average molecular weight is 746 g/mol. The van der Waals surface area contributed by atoms with E-state index >= 15 is 0 Å². The number of hydrogen-bond donors (Lipinski definition) is 0. The Morgan fingerprint density at radius 2 is 1.56 bits per heavy atom. The molecule has 0 aromatic heterocycles. The predicted octanol–water partition coefficient (Wildman–Crippen LogP) is 9.13. The molecule has 1 heterocycles. The zero-order valence-corrected chi connectivity index (χ0v) is 31.7. The summed E-state index contributed by atoms with van der Waals surface area (Å²) < 4.78 is 22.8. The first-order chi connectivity index (χ1) is 23.8. The number of ether oxygens (including phenoxy) is 4. The van der Waals surface area contributed by atoms with E-state index in [4.69, 9.17) is 53.8 Å². The summed E-state index contributed by atoms with van der Waals surface area (Å²) in [5.41, 5.74) is 3.35. The molecule has 1 saturated carbocycles. The van der Waals surface area contributed by atoms with Crippen molar-refractivity contribution in [2.45, 2.75) is 77.5 Å². The zero-order chi connectivity index (χ0) is 36.0. The molecule has 2 amide bonds. The Hall–Kier alpha value is -3.17. The lowest BCUT2D eigenvalue weighted by molar-refractivity contribution is -0.139. The van der Waals surface area contributed by atoms with Crippen molar-refractivity contribution in [1.82, 2.24) is 9.80 Å². The number of hydrogen-bond acceptors (Lipinski definition) is 6. The number of benzene rings is 3. The highest BCUT2D eigenvalue weighted by molar-refractivity contribution is 6.37. The minimum atomic E-state index is -0.641. The largest absolute Gasteiger partial charge is 0.490 e. The van der Waals surface area contributed by atoms with E-state index in [0.717, 1.165) is 41.5 Å². The first-order valence-electron chi connectivity index (χ1n) is 17.2. The molecular weight excluding hydrogens is 699 g/mol. The van der Waals surface area contributed by atoms with E-state index in [2.05, 4.69) is 6.07 Å². The SMILES string of the molecule is COCCc1ccc(Cl)c(CN(C(=O)C2CN(C(=O)OC(C)(C)C)CCC2c2ccc(OCCOc3c(Cl)cc(C)cc3Cl)cc2)C2CC2)c1. The smallest absolute Gasteiger partial charge is 0.410 e. The number of aryl methyl sites for hydroxylation is 1. The Labute approximate surface area is 310 Å². The number of carbonyl (C=O) groups is 2. The van der Waals surface area contributed by atoms with Gasteiger partial charge in [-0.05, 0) is 112 Å². The summed E-state index contributed by atoms with van der Waals surface area (Å²) >= 11 is 19.3. The van der Waals surface area contributed by atoms with Gasteiger partial charge >= 0.3 is 6.09 Å². The Morgan fingerprint density at radius 1 is 0.880 bits per heavy atom. The maximum Gasteiger partial charge on any atom is 0.410 e. The van der Waals surface area contributed by atoms with Crippen LogP contribution in [0.1, 0.15) is 68.2 Å². The van der Waals surface area contributed by atoms with E-state index in [9.17, 15) is 9.59 Å². The molecule has 8 nitrogen and oxygen atoms in total. The van der Waals surface area contributed by atoms with Gasteiger partial charge in [0.1, 0.15) is 24.6 Å². The van der Waals surface area contributed by atoms with Gasteiger partial charge in [0.25, 0.3) is 0 Å². The van der Waals surface area contributed by atoms with Gasteiger partial charge in [-0.1, -0.05) is 59.1 Å². The predicted molar refractivity (Wildman–Crippen MR) is 198 cm³/mol. The fourth-order valence-corrected chi connectivity index (χ4v) is 7.21. The molecule has 11 heteroatoms. The van der Waals surface area contributed by atoms with Gasteiger partial charge in [-0.25, -0.2) is 4.79 Å². The van der Waals surface area contributed by atoms with Crippen LogP contribution in [0.3, 0.4) is 0 Å². The van der Waals surface area contributed by atoms with Gasteiger partial charge < -0.3 is 28.7 Å². The standard InChI is InChI=1S/C39H47Cl3N2O6/c1-25-20-34(41)36(35(42)21-25)49-19-18-48-30-11-7-27(8-12-30)31-14-16-43(38(46)50-39(2,3)4)24-32(31)37(45)44(29-9-10-29)23-28-22-26(15-17-47-5)6-13-33(28)40/h6-8,11-13,20-22,29,31-32H,9-10,14-19,23-24H2,1-5H3. The van der Waals surface area contributed by atoms with Crippen LogP contribution >= 0.6 is 34.8 Å². The van der Waals surface area contributed by atoms with Crippen LogP contribution in [0.15, 0.2) is 54.6 Å². The lowest BCUT2D eigenvalue weighted by Crippen LogP contribution is -2.51. The number of methoxy groups -OCH3 is 1. The number of halogens is 3. The van der Waals surface area contributed by atoms with E-state index in [1.165, 1.54) is 0 Å². The molecule has 2 aliphatic rings. The third-order valence-electron chi connectivity index (χ3n) is 8.95. The summed E-state index contributed by atoms with van der Waals surface area (Å²) in [6.45, 7) is 9.79. The molecule has 0 bridgehead atoms. The number of likely N-dealkylation sites (tertiary alicyclic amines) is 1. The molecule has 270 valence electrons. The molecular formula is C39H47Cl3N2O6. The Balaban J connectivity index is 1.31. The number of piperidine rings is 1. The molecule has 3 aromatic carbocycles. The van der Waals surface area contributed by atoms with E-state index in [1.54, 1.807) is 24.1 Å². The van der Waals surface area contributed by atoms with Crippen molar-refractivity contribution in [3.8, 4) is 11.5 Å². The summed E-state index contributed by atoms with van der Waals surface area (Å²) in [4.78, 5) is 31.5. The first kappa shape index (κ1) is 38.1. The average Bonchev–Trinajstić information content (AvgIpc) is 3.91. The second kappa shape index (κ2) is 16.9. The van der Waals surface area contributed by atoms with Crippen molar-refractivity contribution in [2.24, 2.45) is 5.92 Å². The number of carbonyl (C=O) groups excluding carboxylic acids is 2. The molecule has 0 radical (unpaired) electrons. The fraction of sp³-hybridized carbons (Fsp3) is 0.487. The highest BCUT2D eigenvalue weighted by atomic mass is 35.5. The molecule has 1 saturated heterocycles. The minimum Gasteiger partial charge on any atom is -0.490 e. The normalized spacial score (nSPS) is 17.7. The summed E-state index contributed by atoms with van der Waals surface area (Å²) in [6.07, 6.45) is 2.86. The van der Waals surface area contributed by atoms with Crippen LogP contribution in [0.4, 0.5) is 4.79 Å². The lowest BCUT2D eigenvalue weighted by atomic mass is 9.79. The number of nitrogens with zero attached hydrogens (tertiary/aromatic N) is 2. The van der Waals surface area contributed by atoms with Crippen molar-refractivity contribution in [1.29, 1.82) is 0 Å². The van der Waals surface area contributed by atoms with E-state index in [-0.39, 0.29) is 31.0 Å². The van der Waals surface area contributed by atoms with Crippen LogP contribution in [0.2, 0.25) is 15.1 Å². The molecule has 3 aromatic rings. The monoisotopic (exact) mass is 744 g/mol. The summed E-state index contributed by atoms with van der Waals surface area (Å²) in [6, 6.07) is 17.6. The molecule has 0 spiro atoms. The van der Waals surface area contributed by atoms with Gasteiger partial charge in [0.05, 0.1) is 22.6 Å². The van der Waals surface area contributed by atoms with E-state index in [0.29, 0.717) is 59.3 Å². The Morgan fingerprint density at radius 3 is 2.20 bits per heavy atom. The summed E-state index contributed by atoms with van der Waals surface area (Å²) in [5, 5.41) is 1.55. The summed E-state index contributed by atoms with van der Waals surface area (Å²) in [5.74, 6) is 0.573. The van der Waals surface area contributed by atoms with Gasteiger partial charge in [-0.15, -0.1) is 0 Å². The minimum absolute atomic E-state index is 0.0232. The van der Waals surface area contributed by atoms with Crippen molar-refractivity contribution >= 4 is 46.8 Å². The van der Waals surface area contributed by atoms with Crippen molar-refractivity contribution < 1.29 is 28.5 Å². The van der Waals surface area contributed by atoms with Crippen LogP contribution in [-0.4, -0.2) is 73.5 Å². The highest BCUT2D eigenvalue weighted by Crippen LogP contribution is 2.39. The van der Waals surface area contributed by atoms with E-state index in [1.807, 2.05) is 69.0 Å². The van der Waals surface area contributed by atoms with E-state index < -0.39 is 17.6 Å². The molecule has 0 N–H and O–H groups in total. The molecule has 1 aliphatic heterocycles. The zero-order valence-electron chi connectivity index (χ0n) is 29.5. The number of amides is 2. The fourth-order valence-electron chi connectivity index (χ4n) is 6.33. The Kier molecular flexibility index (Phi) is 12.9. The Bertz CT molecular complexity index is 1620.